The summed E-state index contributed by atoms with van der Waals surface area (Å²) in [6.07, 6.45) is 0.605. The Hall–Kier alpha value is -3.28. The summed E-state index contributed by atoms with van der Waals surface area (Å²) in [5.74, 6) is -2.37. The second-order valence-electron chi connectivity index (χ2n) is 6.27. The third-order valence-electron chi connectivity index (χ3n) is 4.09. The van der Waals surface area contributed by atoms with Crippen molar-refractivity contribution in [3.63, 3.8) is 0 Å². The number of aromatic nitrogens is 2. The highest BCUT2D eigenvalue weighted by Crippen LogP contribution is 2.34. The van der Waals surface area contributed by atoms with Crippen LogP contribution in [0.15, 0.2) is 6.07 Å². The molecule has 0 bridgehead atoms. The van der Waals surface area contributed by atoms with Gasteiger partial charge in [0, 0.05) is 0 Å². The summed E-state index contributed by atoms with van der Waals surface area (Å²) in [6, 6.07) is 0.334. The number of carbonyl (C=O) groups is 3. The molecule has 0 fully saturated rings. The third-order valence-corrected chi connectivity index (χ3v) is 5.31. The maximum absolute atomic E-state index is 12.7. The number of amides is 2. The van der Waals surface area contributed by atoms with Crippen LogP contribution in [0.2, 0.25) is 0 Å². The average Bonchev–Trinajstić information content (AvgIpc) is 3.19. The van der Waals surface area contributed by atoms with Crippen LogP contribution in [-0.2, 0) is 9.53 Å². The lowest BCUT2D eigenvalue weighted by Gasteiger charge is -2.12. The Morgan fingerprint density at radius 2 is 2.07 bits per heavy atom. The molecule has 12 heteroatoms. The first-order valence-corrected chi connectivity index (χ1v) is 9.51. The van der Waals surface area contributed by atoms with Crippen molar-refractivity contribution >= 4 is 39.9 Å². The number of hydrogen-bond donors (Lipinski definition) is 2. The number of nitrogens with zero attached hydrogens (tertiary/aromatic N) is 3. The van der Waals surface area contributed by atoms with Crippen LogP contribution in [0, 0.1) is 24.0 Å². The molecule has 2 aromatic heterocycles. The fraction of sp³-hybridized carbons (Fsp3) is 0.412. The number of rotatable bonds is 8. The van der Waals surface area contributed by atoms with Crippen molar-refractivity contribution in [2.75, 3.05) is 11.9 Å². The molecule has 1 unspecified atom stereocenters. The lowest BCUT2D eigenvalue weighted by Crippen LogP contribution is -2.25. The molecule has 0 aliphatic carbocycles. The lowest BCUT2D eigenvalue weighted by atomic mass is 10.1. The standard InChI is InChI=1S/C17H21N5O6S/c1-5-6-28-17(25)12-9(3)13(14(18)23)29-16(12)19-15(24)10(4)21-8(2)7-11(20-21)22(26)27/h7,10H,5-6H2,1-4H3,(H2,18,23)(H,19,24). The van der Waals surface area contributed by atoms with Gasteiger partial charge in [0.1, 0.15) is 11.0 Å². The van der Waals surface area contributed by atoms with E-state index in [-0.39, 0.29) is 27.9 Å². The molecule has 3 N–H and O–H groups in total. The van der Waals surface area contributed by atoms with Crippen molar-refractivity contribution in [1.82, 2.24) is 9.78 Å². The number of nitrogens with two attached hydrogens (primary N) is 1. The molecule has 0 aromatic carbocycles. The fourth-order valence-electron chi connectivity index (χ4n) is 2.63. The lowest BCUT2D eigenvalue weighted by molar-refractivity contribution is -0.389. The Balaban J connectivity index is 2.35. The van der Waals surface area contributed by atoms with E-state index < -0.39 is 28.7 Å². The van der Waals surface area contributed by atoms with Gasteiger partial charge < -0.3 is 25.9 Å². The third kappa shape index (κ3) is 4.59. The van der Waals surface area contributed by atoms with Crippen LogP contribution in [0.5, 0.6) is 0 Å². The molecule has 0 radical (unpaired) electrons. The number of nitrogens with one attached hydrogen (secondary N) is 1. The van der Waals surface area contributed by atoms with E-state index in [2.05, 4.69) is 10.4 Å². The topological polar surface area (TPSA) is 159 Å². The van der Waals surface area contributed by atoms with Gasteiger partial charge in [-0.25, -0.2) is 4.79 Å². The molecule has 156 valence electrons. The highest BCUT2D eigenvalue weighted by molar-refractivity contribution is 7.18. The summed E-state index contributed by atoms with van der Waals surface area (Å²) in [5, 5.41) is 17.4. The van der Waals surface area contributed by atoms with E-state index >= 15 is 0 Å². The first-order chi connectivity index (χ1) is 13.6. The van der Waals surface area contributed by atoms with Crippen molar-refractivity contribution in [1.29, 1.82) is 0 Å². The Labute approximate surface area is 170 Å². The summed E-state index contributed by atoms with van der Waals surface area (Å²) >= 11 is 0.866. The van der Waals surface area contributed by atoms with E-state index in [4.69, 9.17) is 10.5 Å². The van der Waals surface area contributed by atoms with Crippen molar-refractivity contribution in [3.8, 4) is 0 Å². The van der Waals surface area contributed by atoms with Gasteiger partial charge in [-0.1, -0.05) is 6.92 Å². The van der Waals surface area contributed by atoms with Crippen LogP contribution < -0.4 is 11.1 Å². The van der Waals surface area contributed by atoms with Crippen LogP contribution in [0.3, 0.4) is 0 Å². The zero-order valence-corrected chi connectivity index (χ0v) is 17.2. The van der Waals surface area contributed by atoms with Crippen molar-refractivity contribution in [3.05, 3.63) is 37.9 Å². The summed E-state index contributed by atoms with van der Waals surface area (Å²) in [7, 11) is 0. The molecule has 0 aliphatic rings. The molecule has 1 atom stereocenters. The number of primary amides is 1. The Bertz CT molecular complexity index is 979. The SMILES string of the molecule is CCCOC(=O)c1c(NC(=O)C(C)n2nc([N+](=O)[O-])cc2C)sc(C(N)=O)c1C. The molecule has 2 heterocycles. The van der Waals surface area contributed by atoms with Gasteiger partial charge in [0.25, 0.3) is 11.8 Å². The molecular weight excluding hydrogens is 402 g/mol. The largest absolute Gasteiger partial charge is 0.462 e. The number of carbonyl (C=O) groups excluding carboxylic acids is 3. The summed E-state index contributed by atoms with van der Waals surface area (Å²) in [4.78, 5) is 47.2. The van der Waals surface area contributed by atoms with Crippen LogP contribution in [0.25, 0.3) is 0 Å². The molecule has 0 saturated heterocycles. The van der Waals surface area contributed by atoms with Gasteiger partial charge in [0.2, 0.25) is 0 Å². The average molecular weight is 423 g/mol. The van der Waals surface area contributed by atoms with Gasteiger partial charge in [-0.3, -0.25) is 9.59 Å². The summed E-state index contributed by atoms with van der Waals surface area (Å²) in [5.41, 5.74) is 6.15. The second kappa shape index (κ2) is 8.82. The smallest absolute Gasteiger partial charge is 0.390 e. The van der Waals surface area contributed by atoms with E-state index in [1.54, 1.807) is 13.8 Å². The first-order valence-electron chi connectivity index (χ1n) is 8.70. The van der Waals surface area contributed by atoms with Gasteiger partial charge in [0.15, 0.2) is 0 Å². The number of aryl methyl sites for hydroxylation is 1. The van der Waals surface area contributed by atoms with Crippen LogP contribution >= 0.6 is 11.3 Å². The van der Waals surface area contributed by atoms with E-state index in [1.807, 2.05) is 6.92 Å². The number of thiophene rings is 1. The van der Waals surface area contributed by atoms with E-state index in [9.17, 15) is 24.5 Å². The number of esters is 1. The van der Waals surface area contributed by atoms with Crippen molar-refractivity contribution in [2.24, 2.45) is 5.73 Å². The number of hydrogen-bond acceptors (Lipinski definition) is 8. The van der Waals surface area contributed by atoms with Gasteiger partial charge >= 0.3 is 11.8 Å². The van der Waals surface area contributed by atoms with E-state index in [1.165, 1.54) is 17.7 Å². The Morgan fingerprint density at radius 3 is 2.59 bits per heavy atom. The normalized spacial score (nSPS) is 11.7. The molecular formula is C17H21N5O6S. The molecule has 2 amide bonds. The van der Waals surface area contributed by atoms with Crippen LogP contribution in [0.4, 0.5) is 10.8 Å². The fourth-order valence-corrected chi connectivity index (χ4v) is 3.68. The zero-order valence-electron chi connectivity index (χ0n) is 16.3. The second-order valence-corrected chi connectivity index (χ2v) is 7.29. The molecule has 0 spiro atoms. The first kappa shape index (κ1) is 22.0. The van der Waals surface area contributed by atoms with Crippen molar-refractivity contribution < 1.29 is 24.0 Å². The maximum atomic E-state index is 12.7. The van der Waals surface area contributed by atoms with Gasteiger partial charge in [-0.2, -0.15) is 4.68 Å². The highest BCUT2D eigenvalue weighted by atomic mass is 32.1. The van der Waals surface area contributed by atoms with E-state index in [0.717, 1.165) is 11.3 Å². The quantitative estimate of drug-likeness (QED) is 0.374. The predicted octanol–water partition coefficient (Wildman–Crippen LogP) is 2.34. The minimum atomic E-state index is -0.914. The zero-order chi connectivity index (χ0) is 21.9. The van der Waals surface area contributed by atoms with Gasteiger partial charge in [-0.15, -0.1) is 11.3 Å². The molecule has 29 heavy (non-hydrogen) atoms. The maximum Gasteiger partial charge on any atom is 0.390 e. The summed E-state index contributed by atoms with van der Waals surface area (Å²) < 4.78 is 6.35. The Morgan fingerprint density at radius 1 is 1.41 bits per heavy atom. The number of ether oxygens (including phenoxy) is 1. The van der Waals surface area contributed by atoms with Gasteiger partial charge in [-0.05, 0) is 37.7 Å². The molecule has 11 nitrogen and oxygen atoms in total. The highest BCUT2D eigenvalue weighted by Gasteiger charge is 2.29. The minimum Gasteiger partial charge on any atom is -0.462 e. The molecule has 2 rings (SSSR count). The monoisotopic (exact) mass is 423 g/mol. The number of anilines is 1. The summed E-state index contributed by atoms with van der Waals surface area (Å²) in [6.45, 7) is 6.64. The minimum absolute atomic E-state index is 0.0565. The van der Waals surface area contributed by atoms with Crippen LogP contribution in [-0.4, -0.2) is 39.1 Å². The number of nitro groups is 1. The van der Waals surface area contributed by atoms with Gasteiger partial charge in [0.05, 0.1) is 33.9 Å². The molecule has 0 aliphatic heterocycles. The molecule has 2 aromatic rings. The van der Waals surface area contributed by atoms with E-state index in [0.29, 0.717) is 17.7 Å². The Kier molecular flexibility index (Phi) is 6.69. The predicted molar refractivity (Wildman–Crippen MR) is 105 cm³/mol. The van der Waals surface area contributed by atoms with Crippen LogP contribution in [0.1, 0.15) is 57.6 Å². The molecule has 0 saturated carbocycles. The van der Waals surface area contributed by atoms with Crippen molar-refractivity contribution in [2.45, 2.75) is 40.2 Å².